The second-order valence-electron chi connectivity index (χ2n) is 2.12. The fourth-order valence-corrected chi connectivity index (χ4v) is 1.97. The van der Waals surface area contributed by atoms with Crippen LogP contribution in [0.4, 0.5) is 0 Å². The molecule has 0 amide bonds. The van der Waals surface area contributed by atoms with Gasteiger partial charge in [0.05, 0.1) is 0 Å². The molecule has 0 N–H and O–H groups in total. The summed E-state index contributed by atoms with van der Waals surface area (Å²) in [6.07, 6.45) is 8.36. The Labute approximate surface area is 59.2 Å². The molecule has 46 valence electrons. The zero-order valence-corrected chi connectivity index (χ0v) is 5.77. The Morgan fingerprint density at radius 1 is 1.67 bits per heavy atom. The van der Waals surface area contributed by atoms with Gasteiger partial charge in [-0.2, -0.15) is 0 Å². The maximum atomic E-state index is 4.30. The summed E-state index contributed by atoms with van der Waals surface area (Å²) in [6.45, 7) is 0. The van der Waals surface area contributed by atoms with Crippen LogP contribution in [0.3, 0.4) is 0 Å². The highest BCUT2D eigenvalue weighted by atomic mass is 32.2. The van der Waals surface area contributed by atoms with Gasteiger partial charge in [0.15, 0.2) is 0 Å². The number of nitrogens with zero attached hydrogens (tertiary/aromatic N) is 1. The molecule has 2 unspecified atom stereocenters. The number of fused-ring (bicyclic) bond motifs is 1. The standard InChI is InChI=1S/C7H7NS/c1-2-6-3-5-9-7(6)8-4-1/h3-7H,1H2. The Kier molecular flexibility index (Phi) is 1.34. The van der Waals surface area contributed by atoms with Gasteiger partial charge in [-0.15, -0.1) is 11.8 Å². The molecule has 0 aliphatic carbocycles. The maximum Gasteiger partial charge on any atom is 0.106 e. The zero-order chi connectivity index (χ0) is 6.10. The van der Waals surface area contributed by atoms with Gasteiger partial charge in [-0.1, -0.05) is 6.08 Å². The van der Waals surface area contributed by atoms with Gasteiger partial charge in [0.25, 0.3) is 0 Å². The lowest BCUT2D eigenvalue weighted by Crippen LogP contribution is -2.14. The van der Waals surface area contributed by atoms with E-state index in [0.29, 0.717) is 11.3 Å². The van der Waals surface area contributed by atoms with Crippen molar-refractivity contribution in [3.8, 4) is 0 Å². The quantitative estimate of drug-likeness (QED) is 0.495. The van der Waals surface area contributed by atoms with Crippen molar-refractivity contribution in [2.45, 2.75) is 11.8 Å². The molecule has 2 heteroatoms. The molecule has 2 rings (SSSR count). The van der Waals surface area contributed by atoms with Crippen molar-refractivity contribution in [3.63, 3.8) is 0 Å². The van der Waals surface area contributed by atoms with E-state index in [2.05, 4.69) is 22.9 Å². The SMILES string of the molecule is [C]1CC=NC2SC=CC12. The minimum atomic E-state index is 0.429. The first-order valence-corrected chi connectivity index (χ1v) is 3.98. The highest BCUT2D eigenvalue weighted by Gasteiger charge is 2.24. The zero-order valence-electron chi connectivity index (χ0n) is 4.95. The van der Waals surface area contributed by atoms with E-state index in [9.17, 15) is 0 Å². The normalized spacial score (nSPS) is 39.1. The molecule has 1 nitrogen and oxygen atoms in total. The van der Waals surface area contributed by atoms with Crippen LogP contribution in [0.1, 0.15) is 6.42 Å². The molecule has 2 radical (unpaired) electrons. The minimum Gasteiger partial charge on any atom is -0.282 e. The van der Waals surface area contributed by atoms with E-state index >= 15 is 0 Å². The molecule has 2 aliphatic heterocycles. The smallest absolute Gasteiger partial charge is 0.106 e. The largest absolute Gasteiger partial charge is 0.282 e. The van der Waals surface area contributed by atoms with Crippen LogP contribution in [-0.2, 0) is 0 Å². The molecule has 0 aromatic heterocycles. The summed E-state index contributed by atoms with van der Waals surface area (Å²) in [5.41, 5.74) is 0. The van der Waals surface area contributed by atoms with Crippen LogP contribution in [0.2, 0.25) is 0 Å². The lowest BCUT2D eigenvalue weighted by atomic mass is 10.0. The summed E-state index contributed by atoms with van der Waals surface area (Å²) in [6, 6.07) is 0. The van der Waals surface area contributed by atoms with E-state index in [1.807, 2.05) is 6.21 Å². The first kappa shape index (κ1) is 5.54. The molecular formula is C7H7NS. The minimum absolute atomic E-state index is 0.429. The summed E-state index contributed by atoms with van der Waals surface area (Å²) in [4.78, 5) is 4.30. The number of thioether (sulfide) groups is 1. The van der Waals surface area contributed by atoms with Crippen molar-refractivity contribution in [2.24, 2.45) is 10.9 Å². The molecule has 0 bridgehead atoms. The summed E-state index contributed by atoms with van der Waals surface area (Å²) in [5.74, 6) is 0.500. The van der Waals surface area contributed by atoms with Crippen LogP contribution in [-0.4, -0.2) is 11.6 Å². The van der Waals surface area contributed by atoms with E-state index in [0.717, 1.165) is 6.42 Å². The molecule has 2 aliphatic rings. The molecule has 0 fully saturated rings. The van der Waals surface area contributed by atoms with Gasteiger partial charge in [0, 0.05) is 12.1 Å². The Balaban J connectivity index is 2.16. The van der Waals surface area contributed by atoms with Gasteiger partial charge in [-0.3, -0.25) is 4.99 Å². The average molecular weight is 137 g/mol. The first-order chi connectivity index (χ1) is 4.47. The van der Waals surface area contributed by atoms with Gasteiger partial charge in [-0.25, -0.2) is 0 Å². The lowest BCUT2D eigenvalue weighted by Gasteiger charge is -2.16. The maximum absolute atomic E-state index is 4.30. The van der Waals surface area contributed by atoms with Crippen LogP contribution in [0, 0.1) is 12.3 Å². The third-order valence-corrected chi connectivity index (χ3v) is 2.52. The number of hydrogen-bond donors (Lipinski definition) is 0. The Morgan fingerprint density at radius 3 is 3.56 bits per heavy atom. The third kappa shape index (κ3) is 0.917. The summed E-state index contributed by atoms with van der Waals surface area (Å²) >= 11 is 1.79. The predicted molar refractivity (Wildman–Crippen MR) is 40.4 cm³/mol. The van der Waals surface area contributed by atoms with Crippen molar-refractivity contribution in [3.05, 3.63) is 17.9 Å². The fourth-order valence-electron chi connectivity index (χ4n) is 1.03. The molecule has 0 saturated heterocycles. The second-order valence-corrected chi connectivity index (χ2v) is 3.15. The molecule has 0 aromatic rings. The van der Waals surface area contributed by atoms with E-state index in [1.54, 1.807) is 11.8 Å². The highest BCUT2D eigenvalue weighted by Crippen LogP contribution is 2.34. The number of hydrogen-bond acceptors (Lipinski definition) is 2. The van der Waals surface area contributed by atoms with Gasteiger partial charge in [0.2, 0.25) is 0 Å². The van der Waals surface area contributed by atoms with Crippen molar-refractivity contribution in [1.82, 2.24) is 0 Å². The topological polar surface area (TPSA) is 12.4 Å². The number of aliphatic imine (C=N–C) groups is 1. The third-order valence-electron chi connectivity index (χ3n) is 1.51. The lowest BCUT2D eigenvalue weighted by molar-refractivity contribution is 0.698. The van der Waals surface area contributed by atoms with Crippen molar-refractivity contribution < 1.29 is 0 Å². The van der Waals surface area contributed by atoms with Crippen molar-refractivity contribution >= 4 is 18.0 Å². The van der Waals surface area contributed by atoms with Crippen LogP contribution in [0.15, 0.2) is 16.5 Å². The van der Waals surface area contributed by atoms with Crippen LogP contribution < -0.4 is 0 Å². The van der Waals surface area contributed by atoms with E-state index in [4.69, 9.17) is 0 Å². The van der Waals surface area contributed by atoms with Crippen LogP contribution >= 0.6 is 11.8 Å². The predicted octanol–water partition coefficient (Wildman–Crippen LogP) is 1.74. The highest BCUT2D eigenvalue weighted by molar-refractivity contribution is 8.03. The molecule has 2 heterocycles. The molecule has 2 atom stereocenters. The number of rotatable bonds is 0. The van der Waals surface area contributed by atoms with Crippen molar-refractivity contribution in [1.29, 1.82) is 0 Å². The van der Waals surface area contributed by atoms with Crippen molar-refractivity contribution in [2.75, 3.05) is 0 Å². The van der Waals surface area contributed by atoms with E-state index in [-0.39, 0.29) is 0 Å². The Morgan fingerprint density at radius 2 is 2.67 bits per heavy atom. The van der Waals surface area contributed by atoms with Gasteiger partial charge < -0.3 is 0 Å². The summed E-state index contributed by atoms with van der Waals surface area (Å²) < 4.78 is 0. The molecule has 0 aromatic carbocycles. The van der Waals surface area contributed by atoms with Crippen LogP contribution in [0.5, 0.6) is 0 Å². The Hall–Kier alpha value is -0.240. The molecule has 0 spiro atoms. The molecule has 9 heavy (non-hydrogen) atoms. The molecular weight excluding hydrogens is 130 g/mol. The van der Waals surface area contributed by atoms with Crippen LogP contribution in [0.25, 0.3) is 0 Å². The monoisotopic (exact) mass is 137 g/mol. The summed E-state index contributed by atoms with van der Waals surface area (Å²) in [5, 5.41) is 2.55. The Bertz CT molecular complexity index is 162. The summed E-state index contributed by atoms with van der Waals surface area (Å²) in [7, 11) is 0. The fraction of sp³-hybridized carbons (Fsp3) is 0.429. The van der Waals surface area contributed by atoms with E-state index in [1.165, 1.54) is 0 Å². The van der Waals surface area contributed by atoms with E-state index < -0.39 is 0 Å². The van der Waals surface area contributed by atoms with Gasteiger partial charge >= 0.3 is 0 Å². The molecule has 0 saturated carbocycles. The second kappa shape index (κ2) is 2.18. The van der Waals surface area contributed by atoms with Gasteiger partial charge in [-0.05, 0) is 18.2 Å². The van der Waals surface area contributed by atoms with Gasteiger partial charge in [0.1, 0.15) is 5.37 Å². The average Bonchev–Trinajstić information content (AvgIpc) is 2.33. The first-order valence-electron chi connectivity index (χ1n) is 3.04.